The monoisotopic (exact) mass is 1450 g/mol. The van der Waals surface area contributed by atoms with Crippen molar-refractivity contribution in [2.75, 3.05) is 39.6 Å². The zero-order valence-electron chi connectivity index (χ0n) is 62.8. The van der Waals surface area contributed by atoms with Crippen molar-refractivity contribution in [1.82, 2.24) is 0 Å². The number of hydrogen-bond donors (Lipinski definition) is 3. The SMILES string of the molecule is CCCCCC=CCC=CCC=CCCCCC(=O)OC(COC(=O)CCCCCCCC=CCC=CCCCCC)COP(=O)(O)OCC(O)COP(=O)(O)OCC(COC(=O)CCCCCCCC=CCC=CCCCCC)OC(=O)CCCCCCCC=CCC=CCCCCC. The zero-order chi connectivity index (χ0) is 73.2. The molecule has 0 fully saturated rings. The number of allylic oxidation sites excluding steroid dienone is 18. The fourth-order valence-corrected chi connectivity index (χ4v) is 11.7. The van der Waals surface area contributed by atoms with Crippen LogP contribution in [0.25, 0.3) is 0 Å². The van der Waals surface area contributed by atoms with Crippen molar-refractivity contribution < 1.29 is 80.2 Å². The van der Waals surface area contributed by atoms with E-state index in [0.717, 1.165) is 161 Å². The zero-order valence-corrected chi connectivity index (χ0v) is 64.6. The first-order valence-corrected chi connectivity index (χ1v) is 42.1. The Hall–Kier alpha value is -4.28. The van der Waals surface area contributed by atoms with E-state index >= 15 is 0 Å². The lowest BCUT2D eigenvalue weighted by Crippen LogP contribution is -2.30. The Morgan fingerprint density at radius 2 is 0.490 bits per heavy atom. The van der Waals surface area contributed by atoms with Crippen molar-refractivity contribution in [2.24, 2.45) is 0 Å². The van der Waals surface area contributed by atoms with Crippen LogP contribution in [0, 0.1) is 0 Å². The highest BCUT2D eigenvalue weighted by Crippen LogP contribution is 2.45. The molecule has 0 bridgehead atoms. The molecule has 0 aliphatic rings. The van der Waals surface area contributed by atoms with E-state index in [0.29, 0.717) is 32.1 Å². The Morgan fingerprint density at radius 1 is 0.280 bits per heavy atom. The number of aliphatic hydroxyl groups excluding tert-OH is 1. The van der Waals surface area contributed by atoms with Gasteiger partial charge in [0.15, 0.2) is 12.2 Å². The summed E-state index contributed by atoms with van der Waals surface area (Å²) in [6, 6.07) is 0. The molecule has 0 radical (unpaired) electrons. The summed E-state index contributed by atoms with van der Waals surface area (Å²) in [6.45, 7) is 4.69. The van der Waals surface area contributed by atoms with Crippen molar-refractivity contribution in [3.05, 3.63) is 109 Å². The van der Waals surface area contributed by atoms with Crippen LogP contribution in [0.5, 0.6) is 0 Å². The van der Waals surface area contributed by atoms with E-state index in [2.05, 4.69) is 137 Å². The van der Waals surface area contributed by atoms with Gasteiger partial charge in [0.05, 0.1) is 26.4 Å². The maximum Gasteiger partial charge on any atom is 0.472 e. The van der Waals surface area contributed by atoms with E-state index in [4.69, 9.17) is 37.0 Å². The number of unbranched alkanes of at least 4 members (excludes halogenated alkanes) is 29. The second-order valence-corrected chi connectivity index (χ2v) is 28.8. The Labute approximate surface area is 607 Å². The molecule has 0 spiro atoms. The van der Waals surface area contributed by atoms with E-state index in [1.807, 2.05) is 0 Å². The highest BCUT2D eigenvalue weighted by molar-refractivity contribution is 7.47. The molecule has 5 unspecified atom stereocenters. The summed E-state index contributed by atoms with van der Waals surface area (Å²) < 4.78 is 68.5. The maximum absolute atomic E-state index is 13.1. The van der Waals surface area contributed by atoms with Crippen molar-refractivity contribution in [3.8, 4) is 0 Å². The Balaban J connectivity index is 5.42. The van der Waals surface area contributed by atoms with E-state index in [9.17, 15) is 43.2 Å². The van der Waals surface area contributed by atoms with Crippen LogP contribution >= 0.6 is 15.6 Å². The van der Waals surface area contributed by atoms with E-state index in [1.165, 1.54) is 77.0 Å². The number of rotatable bonds is 73. The lowest BCUT2D eigenvalue weighted by molar-refractivity contribution is -0.161. The molecule has 0 saturated heterocycles. The van der Waals surface area contributed by atoms with Gasteiger partial charge in [0.2, 0.25) is 0 Å². The van der Waals surface area contributed by atoms with Gasteiger partial charge in [0, 0.05) is 25.7 Å². The van der Waals surface area contributed by atoms with Crippen molar-refractivity contribution >= 4 is 39.5 Å². The molecule has 0 heterocycles. The third kappa shape index (κ3) is 72.1. The van der Waals surface area contributed by atoms with Crippen LogP contribution in [0.4, 0.5) is 0 Å². The van der Waals surface area contributed by atoms with Gasteiger partial charge in [-0.2, -0.15) is 0 Å². The van der Waals surface area contributed by atoms with Gasteiger partial charge >= 0.3 is 39.5 Å². The number of aliphatic hydroxyl groups is 1. The van der Waals surface area contributed by atoms with Gasteiger partial charge in [-0.1, -0.05) is 246 Å². The number of phosphoric acid groups is 2. The van der Waals surface area contributed by atoms with Crippen LogP contribution < -0.4 is 0 Å². The summed E-state index contributed by atoms with van der Waals surface area (Å²) in [4.78, 5) is 72.9. The third-order valence-electron chi connectivity index (χ3n) is 16.2. The fraction of sp³-hybridized carbons (Fsp3) is 0.728. The number of esters is 4. The summed E-state index contributed by atoms with van der Waals surface area (Å²) >= 11 is 0. The molecule has 3 N–H and O–H groups in total. The second kappa shape index (κ2) is 73.0. The summed E-state index contributed by atoms with van der Waals surface area (Å²) in [5, 5.41) is 10.6. The van der Waals surface area contributed by atoms with Crippen molar-refractivity contribution in [1.29, 1.82) is 0 Å². The number of carbonyl (C=O) groups excluding carboxylic acids is 4. The maximum atomic E-state index is 13.1. The van der Waals surface area contributed by atoms with Crippen LogP contribution in [0.3, 0.4) is 0 Å². The standard InChI is InChI=1S/C81H140O17P2/c1-5-9-13-17-21-25-29-33-37-41-45-49-53-57-61-65-78(83)91-71-76(97-80(85)67-63-59-55-51-47-43-39-35-31-27-23-19-15-11-7-3)73-95-99(87,88)93-69-75(82)70-94-100(89,90)96-74-77(98-81(86)68-64-60-56-52-48-44-40-36-32-28-24-20-16-12-8-4)72-92-79(84)66-62-58-54-50-46-42-38-34-30-26-22-18-14-10-6-2/h21-28,33-40,47,51,75-77,82H,5-20,29-32,41-46,48-50,52-74H2,1-4H3,(H,87,88)(H,89,90). The van der Waals surface area contributed by atoms with E-state index < -0.39 is 97.5 Å². The molecule has 0 rings (SSSR count). The minimum absolute atomic E-state index is 0.0418. The number of ether oxygens (including phenoxy) is 4. The van der Waals surface area contributed by atoms with Crippen molar-refractivity contribution in [2.45, 2.75) is 341 Å². The summed E-state index contributed by atoms with van der Waals surface area (Å²) in [5.41, 5.74) is 0. The normalized spacial score (nSPS) is 14.5. The summed E-state index contributed by atoms with van der Waals surface area (Å²) in [5.74, 6) is -2.26. The molecule has 0 aromatic heterocycles. The van der Waals surface area contributed by atoms with Crippen LogP contribution in [0.15, 0.2) is 109 Å². The Bertz CT molecular complexity index is 2320. The molecule has 0 aromatic carbocycles. The van der Waals surface area contributed by atoms with E-state index in [-0.39, 0.29) is 25.7 Å². The number of carbonyl (C=O) groups is 4. The lowest BCUT2D eigenvalue weighted by atomic mass is 10.1. The first-order chi connectivity index (χ1) is 48.7. The predicted molar refractivity (Wildman–Crippen MR) is 408 cm³/mol. The van der Waals surface area contributed by atoms with Gasteiger partial charge in [0.1, 0.15) is 19.3 Å². The fourth-order valence-electron chi connectivity index (χ4n) is 10.1. The Kier molecular flexibility index (Phi) is 69.9. The van der Waals surface area contributed by atoms with Crippen LogP contribution in [0.2, 0.25) is 0 Å². The third-order valence-corrected chi connectivity index (χ3v) is 18.1. The lowest BCUT2D eigenvalue weighted by Gasteiger charge is -2.21. The number of hydrogen-bond acceptors (Lipinski definition) is 15. The first kappa shape index (κ1) is 95.7. The molecule has 576 valence electrons. The molecule has 19 heteroatoms. The minimum atomic E-state index is -4.99. The molecular formula is C81H140O17P2. The molecule has 17 nitrogen and oxygen atoms in total. The minimum Gasteiger partial charge on any atom is -0.462 e. The van der Waals surface area contributed by atoms with E-state index in [1.54, 1.807) is 0 Å². The van der Waals surface area contributed by atoms with Gasteiger partial charge in [-0.25, -0.2) is 9.13 Å². The molecule has 0 aromatic rings. The molecule has 100 heavy (non-hydrogen) atoms. The topological polar surface area (TPSA) is 237 Å². The van der Waals surface area contributed by atoms with Gasteiger partial charge in [-0.05, 0) is 161 Å². The predicted octanol–water partition coefficient (Wildman–Crippen LogP) is 22.6. The molecule has 0 saturated carbocycles. The Morgan fingerprint density at radius 3 is 0.770 bits per heavy atom. The second-order valence-electron chi connectivity index (χ2n) is 25.9. The van der Waals surface area contributed by atoms with Gasteiger partial charge in [-0.15, -0.1) is 0 Å². The molecule has 0 amide bonds. The molecular weight excluding hydrogens is 1310 g/mol. The van der Waals surface area contributed by atoms with Gasteiger partial charge < -0.3 is 33.8 Å². The first-order valence-electron chi connectivity index (χ1n) is 39.1. The van der Waals surface area contributed by atoms with Crippen LogP contribution in [-0.4, -0.2) is 96.7 Å². The highest BCUT2D eigenvalue weighted by atomic mass is 31.2. The smallest absolute Gasteiger partial charge is 0.462 e. The summed E-state index contributed by atoms with van der Waals surface area (Å²) in [7, 11) is -9.98. The molecule has 5 atom stereocenters. The van der Waals surface area contributed by atoms with Gasteiger partial charge in [-0.3, -0.25) is 37.3 Å². The average molecular weight is 1450 g/mol. The highest BCUT2D eigenvalue weighted by Gasteiger charge is 2.30. The molecule has 0 aliphatic heterocycles. The quantitative estimate of drug-likeness (QED) is 0.0169. The molecule has 0 aliphatic carbocycles. The van der Waals surface area contributed by atoms with Gasteiger partial charge in [0.25, 0.3) is 0 Å². The van der Waals surface area contributed by atoms with Crippen LogP contribution in [0.1, 0.15) is 323 Å². The number of phosphoric ester groups is 2. The summed E-state index contributed by atoms with van der Waals surface area (Å²) in [6.07, 6.45) is 77.8. The van der Waals surface area contributed by atoms with Crippen LogP contribution in [-0.2, 0) is 65.4 Å². The average Bonchev–Trinajstić information content (AvgIpc) is 1.25. The largest absolute Gasteiger partial charge is 0.472 e. The van der Waals surface area contributed by atoms with Crippen molar-refractivity contribution in [3.63, 3.8) is 0 Å².